The van der Waals surface area contributed by atoms with Gasteiger partial charge in [-0.05, 0) is 91.0 Å². The molecule has 0 N–H and O–H groups in total. The lowest BCUT2D eigenvalue weighted by atomic mass is 9.89. The molecular weight excluding hydrogens is 669 g/mol. The van der Waals surface area contributed by atoms with Crippen molar-refractivity contribution in [2.45, 2.75) is 0 Å². The lowest BCUT2D eigenvalue weighted by molar-refractivity contribution is 0.669. The molecule has 0 atom stereocenters. The number of hydrogen-bond acceptors (Lipinski definition) is 3. The third-order valence-electron chi connectivity index (χ3n) is 10.9. The van der Waals surface area contributed by atoms with Crippen molar-refractivity contribution in [3.05, 3.63) is 194 Å². The first-order valence-corrected chi connectivity index (χ1v) is 18.6. The summed E-state index contributed by atoms with van der Waals surface area (Å²) in [6.45, 7) is 0. The first-order chi connectivity index (χ1) is 27.2. The van der Waals surface area contributed by atoms with Gasteiger partial charge in [-0.15, -0.1) is 0 Å². The van der Waals surface area contributed by atoms with E-state index >= 15 is 0 Å². The fraction of sp³-hybridized carbons (Fsp3) is 0. The minimum absolute atomic E-state index is 0.695. The van der Waals surface area contributed by atoms with Crippen LogP contribution in [-0.4, -0.2) is 9.97 Å². The van der Waals surface area contributed by atoms with Crippen molar-refractivity contribution in [1.82, 2.24) is 9.97 Å². The number of rotatable bonds is 5. The number of para-hydroxylation sites is 1. The molecule has 0 saturated carbocycles. The van der Waals surface area contributed by atoms with Crippen molar-refractivity contribution in [1.29, 1.82) is 0 Å². The Bertz CT molecular complexity index is 3250. The van der Waals surface area contributed by atoms with Gasteiger partial charge in [-0.3, -0.25) is 0 Å². The third kappa shape index (κ3) is 5.36. The average Bonchev–Trinajstić information content (AvgIpc) is 3.64. The van der Waals surface area contributed by atoms with E-state index in [1.807, 2.05) is 30.3 Å². The molecule has 55 heavy (non-hydrogen) atoms. The van der Waals surface area contributed by atoms with E-state index in [9.17, 15) is 0 Å². The summed E-state index contributed by atoms with van der Waals surface area (Å²) < 4.78 is 6.12. The molecule has 0 aliphatic carbocycles. The van der Waals surface area contributed by atoms with Gasteiger partial charge in [-0.25, -0.2) is 9.97 Å². The van der Waals surface area contributed by atoms with Gasteiger partial charge in [-0.1, -0.05) is 158 Å². The lowest BCUT2D eigenvalue weighted by Gasteiger charge is -2.15. The molecular formula is C52H32N2O. The summed E-state index contributed by atoms with van der Waals surface area (Å²) in [5.74, 6) is 0.695. The zero-order valence-corrected chi connectivity index (χ0v) is 29.8. The zero-order valence-electron chi connectivity index (χ0n) is 29.8. The molecule has 0 bridgehead atoms. The molecule has 256 valence electrons. The molecule has 0 spiro atoms. The Kier molecular flexibility index (Phi) is 7.17. The summed E-state index contributed by atoms with van der Waals surface area (Å²) in [6.07, 6.45) is 0. The van der Waals surface area contributed by atoms with E-state index in [1.165, 1.54) is 43.4 Å². The highest BCUT2D eigenvalue weighted by molar-refractivity contribution is 6.20. The Morgan fingerprint density at radius 2 is 0.909 bits per heavy atom. The van der Waals surface area contributed by atoms with Crippen LogP contribution < -0.4 is 0 Å². The summed E-state index contributed by atoms with van der Waals surface area (Å²) in [7, 11) is 0. The summed E-state index contributed by atoms with van der Waals surface area (Å²) in [5.41, 5.74) is 11.2. The van der Waals surface area contributed by atoms with Crippen LogP contribution in [0.15, 0.2) is 199 Å². The van der Waals surface area contributed by atoms with E-state index < -0.39 is 0 Å². The topological polar surface area (TPSA) is 38.9 Å². The minimum Gasteiger partial charge on any atom is -0.456 e. The number of aromatic nitrogens is 2. The maximum absolute atomic E-state index is 6.12. The quantitative estimate of drug-likeness (QED) is 0.133. The first-order valence-electron chi connectivity index (χ1n) is 18.6. The lowest BCUT2D eigenvalue weighted by Crippen LogP contribution is -1.96. The van der Waals surface area contributed by atoms with Crippen LogP contribution >= 0.6 is 0 Å². The van der Waals surface area contributed by atoms with Crippen LogP contribution in [0.3, 0.4) is 0 Å². The second-order valence-electron chi connectivity index (χ2n) is 14.1. The van der Waals surface area contributed by atoms with Gasteiger partial charge in [0.05, 0.1) is 11.4 Å². The van der Waals surface area contributed by atoms with E-state index in [1.54, 1.807) is 0 Å². The van der Waals surface area contributed by atoms with Gasteiger partial charge < -0.3 is 4.42 Å². The minimum atomic E-state index is 0.695. The van der Waals surface area contributed by atoms with E-state index in [0.717, 1.165) is 61.1 Å². The Labute approximate surface area is 317 Å². The van der Waals surface area contributed by atoms with E-state index in [-0.39, 0.29) is 0 Å². The summed E-state index contributed by atoms with van der Waals surface area (Å²) in [5, 5.41) is 9.75. The predicted octanol–water partition coefficient (Wildman–Crippen LogP) is 14.2. The molecule has 2 heterocycles. The van der Waals surface area contributed by atoms with Gasteiger partial charge in [0.15, 0.2) is 5.82 Å². The molecule has 11 aromatic rings. The molecule has 0 unspecified atom stereocenters. The van der Waals surface area contributed by atoms with Gasteiger partial charge >= 0.3 is 0 Å². The van der Waals surface area contributed by atoms with Crippen LogP contribution in [0.25, 0.3) is 110 Å². The average molecular weight is 701 g/mol. The zero-order chi connectivity index (χ0) is 36.3. The molecule has 0 fully saturated rings. The van der Waals surface area contributed by atoms with Crippen LogP contribution in [-0.2, 0) is 0 Å². The number of benzene rings is 9. The van der Waals surface area contributed by atoms with Gasteiger partial charge in [0, 0.05) is 27.5 Å². The predicted molar refractivity (Wildman–Crippen MR) is 229 cm³/mol. The molecule has 3 nitrogen and oxygen atoms in total. The Morgan fingerprint density at radius 3 is 1.76 bits per heavy atom. The number of nitrogens with zero attached hydrogens (tertiary/aromatic N) is 2. The summed E-state index contributed by atoms with van der Waals surface area (Å²) in [4.78, 5) is 10.3. The van der Waals surface area contributed by atoms with E-state index in [0.29, 0.717) is 5.82 Å². The fourth-order valence-electron chi connectivity index (χ4n) is 8.16. The smallest absolute Gasteiger partial charge is 0.160 e. The Morgan fingerprint density at radius 1 is 0.291 bits per heavy atom. The second-order valence-corrected chi connectivity index (χ2v) is 14.1. The molecule has 11 rings (SSSR count). The number of hydrogen-bond donors (Lipinski definition) is 0. The van der Waals surface area contributed by atoms with Crippen LogP contribution in [0.4, 0.5) is 0 Å². The summed E-state index contributed by atoms with van der Waals surface area (Å²) in [6, 6.07) is 68.7. The van der Waals surface area contributed by atoms with Gasteiger partial charge in [0.25, 0.3) is 0 Å². The van der Waals surface area contributed by atoms with Gasteiger partial charge in [0.2, 0.25) is 0 Å². The van der Waals surface area contributed by atoms with Crippen molar-refractivity contribution >= 4 is 54.3 Å². The molecule has 0 aliphatic rings. The van der Waals surface area contributed by atoms with Crippen molar-refractivity contribution < 1.29 is 4.42 Å². The molecule has 2 aromatic heterocycles. The number of furan rings is 1. The summed E-state index contributed by atoms with van der Waals surface area (Å²) >= 11 is 0. The van der Waals surface area contributed by atoms with Gasteiger partial charge in [-0.2, -0.15) is 0 Å². The molecule has 0 radical (unpaired) electrons. The highest BCUT2D eigenvalue weighted by atomic mass is 16.3. The highest BCUT2D eigenvalue weighted by Crippen LogP contribution is 2.40. The monoisotopic (exact) mass is 700 g/mol. The van der Waals surface area contributed by atoms with Crippen molar-refractivity contribution in [3.63, 3.8) is 0 Å². The standard InChI is InChI=1S/C52H32N2O/c1-2-12-36(13-3-1)52-53-47(32-48(54-52)40-16-10-15-37(29-40)38-26-28-50-46(30-38)43-19-8-9-20-49(43)55-50)34-21-23-35(24-22-34)51-42-18-7-5-14-39(42)31-45-41-17-6-4-11-33(41)25-27-44(45)51/h1-32H. The van der Waals surface area contributed by atoms with Crippen LogP contribution in [0.2, 0.25) is 0 Å². The van der Waals surface area contributed by atoms with Crippen LogP contribution in [0, 0.1) is 0 Å². The Hall–Kier alpha value is -7.36. The molecule has 9 aromatic carbocycles. The molecule has 0 saturated heterocycles. The highest BCUT2D eigenvalue weighted by Gasteiger charge is 2.15. The molecule has 0 amide bonds. The first kappa shape index (κ1) is 31.2. The number of fused-ring (bicyclic) bond motifs is 7. The SMILES string of the molecule is c1ccc(-c2nc(-c3ccc(-c4c5ccccc5cc5c4ccc4ccccc45)cc3)cc(-c3cccc(-c4ccc5oc6ccccc6c5c4)c3)n2)cc1. The van der Waals surface area contributed by atoms with Crippen LogP contribution in [0.1, 0.15) is 0 Å². The van der Waals surface area contributed by atoms with E-state index in [4.69, 9.17) is 14.4 Å². The normalized spacial score (nSPS) is 11.6. The maximum Gasteiger partial charge on any atom is 0.160 e. The fourth-order valence-corrected chi connectivity index (χ4v) is 8.16. The van der Waals surface area contributed by atoms with E-state index in [2.05, 4.69) is 164 Å². The van der Waals surface area contributed by atoms with Gasteiger partial charge in [0.1, 0.15) is 11.2 Å². The molecule has 0 aliphatic heterocycles. The maximum atomic E-state index is 6.12. The second kappa shape index (κ2) is 12.6. The van der Waals surface area contributed by atoms with Crippen molar-refractivity contribution in [2.75, 3.05) is 0 Å². The largest absolute Gasteiger partial charge is 0.456 e. The van der Waals surface area contributed by atoms with Crippen molar-refractivity contribution in [3.8, 4) is 56.2 Å². The molecule has 3 heteroatoms. The Balaban J connectivity index is 1.03. The third-order valence-corrected chi connectivity index (χ3v) is 10.9. The van der Waals surface area contributed by atoms with Crippen molar-refractivity contribution in [2.24, 2.45) is 0 Å². The van der Waals surface area contributed by atoms with Crippen LogP contribution in [0.5, 0.6) is 0 Å².